The van der Waals surface area contributed by atoms with Crippen LogP contribution in [0.4, 0.5) is 0 Å². The van der Waals surface area contributed by atoms with Crippen molar-refractivity contribution >= 4 is 27.8 Å². The van der Waals surface area contributed by atoms with Gasteiger partial charge in [0.05, 0.1) is 5.56 Å². The molecule has 0 aliphatic rings. The summed E-state index contributed by atoms with van der Waals surface area (Å²) in [5.41, 5.74) is 1.53. The Kier molecular flexibility index (Phi) is 4.80. The summed E-state index contributed by atoms with van der Waals surface area (Å²) in [6.07, 6.45) is 2.27. The number of aromatic nitrogens is 1. The number of benzene rings is 1. The van der Waals surface area contributed by atoms with Gasteiger partial charge in [0.25, 0.3) is 5.91 Å². The van der Waals surface area contributed by atoms with Crippen LogP contribution in [0.3, 0.4) is 0 Å². The lowest BCUT2D eigenvalue weighted by Crippen LogP contribution is -2.27. The maximum absolute atomic E-state index is 12.0. The van der Waals surface area contributed by atoms with Gasteiger partial charge in [-0.2, -0.15) is 0 Å². The Morgan fingerprint density at radius 2 is 2.05 bits per heavy atom. The van der Waals surface area contributed by atoms with Gasteiger partial charge in [-0.25, -0.2) is 4.79 Å². The maximum Gasteiger partial charge on any atom is 0.335 e. The van der Waals surface area contributed by atoms with Crippen molar-refractivity contribution < 1.29 is 14.7 Å². The summed E-state index contributed by atoms with van der Waals surface area (Å²) in [5.74, 6) is -1.14. The number of rotatable bonds is 5. The first-order valence-electron chi connectivity index (χ1n) is 6.40. The van der Waals surface area contributed by atoms with Gasteiger partial charge in [-0.05, 0) is 40.0 Å². The van der Waals surface area contributed by atoms with Gasteiger partial charge in [-0.1, -0.05) is 18.2 Å². The number of halogens is 1. The molecule has 2 rings (SSSR count). The van der Waals surface area contributed by atoms with E-state index in [0.29, 0.717) is 24.2 Å². The van der Waals surface area contributed by atoms with E-state index in [1.54, 1.807) is 48.1 Å². The molecule has 0 atom stereocenters. The van der Waals surface area contributed by atoms with Crippen LogP contribution >= 0.6 is 15.9 Å². The van der Waals surface area contributed by atoms with Crippen LogP contribution in [0.25, 0.3) is 0 Å². The largest absolute Gasteiger partial charge is 0.478 e. The van der Waals surface area contributed by atoms with Gasteiger partial charge in [0, 0.05) is 24.3 Å². The van der Waals surface area contributed by atoms with Gasteiger partial charge >= 0.3 is 5.97 Å². The Balaban J connectivity index is 1.97. The standard InChI is InChI=1S/C15H15BrN2O3/c1-18-9-11(16)8-13(18)14(19)17-7-6-10-4-2-3-5-12(10)15(20)21/h2-5,8-9H,6-7H2,1H3,(H,17,19)(H,20,21). The van der Waals surface area contributed by atoms with Crippen LogP contribution in [-0.2, 0) is 13.5 Å². The molecule has 0 unspecified atom stereocenters. The van der Waals surface area contributed by atoms with Crippen molar-refractivity contribution in [3.05, 3.63) is 57.8 Å². The van der Waals surface area contributed by atoms with Crippen molar-refractivity contribution in [3.63, 3.8) is 0 Å². The highest BCUT2D eigenvalue weighted by atomic mass is 79.9. The first-order valence-corrected chi connectivity index (χ1v) is 7.19. The van der Waals surface area contributed by atoms with Crippen molar-refractivity contribution in [1.82, 2.24) is 9.88 Å². The molecular weight excluding hydrogens is 336 g/mol. The molecule has 1 heterocycles. The highest BCUT2D eigenvalue weighted by Crippen LogP contribution is 2.13. The molecule has 0 fully saturated rings. The molecule has 0 bridgehead atoms. The maximum atomic E-state index is 12.0. The summed E-state index contributed by atoms with van der Waals surface area (Å²) >= 11 is 3.32. The Bertz CT molecular complexity index is 679. The molecule has 0 aliphatic carbocycles. The molecule has 1 amide bonds. The number of carbonyl (C=O) groups excluding carboxylic acids is 1. The quantitative estimate of drug-likeness (QED) is 0.869. The van der Waals surface area contributed by atoms with E-state index >= 15 is 0 Å². The number of amides is 1. The summed E-state index contributed by atoms with van der Waals surface area (Å²) in [6.45, 7) is 0.381. The van der Waals surface area contributed by atoms with Crippen LogP contribution in [0.15, 0.2) is 41.0 Å². The third-order valence-corrected chi connectivity index (χ3v) is 3.57. The Labute approximate surface area is 130 Å². The Morgan fingerprint density at radius 3 is 2.67 bits per heavy atom. The van der Waals surface area contributed by atoms with Crippen molar-refractivity contribution in [2.75, 3.05) is 6.54 Å². The van der Waals surface area contributed by atoms with Crippen LogP contribution in [0.1, 0.15) is 26.4 Å². The molecule has 6 heteroatoms. The number of hydrogen-bond donors (Lipinski definition) is 2. The van der Waals surface area contributed by atoms with Crippen molar-refractivity contribution in [1.29, 1.82) is 0 Å². The molecule has 2 N–H and O–H groups in total. The minimum atomic E-state index is -0.955. The fraction of sp³-hybridized carbons (Fsp3) is 0.200. The molecule has 1 aromatic heterocycles. The second-order valence-electron chi connectivity index (χ2n) is 4.62. The predicted molar refractivity (Wildman–Crippen MR) is 82.6 cm³/mol. The molecule has 0 saturated heterocycles. The average molecular weight is 351 g/mol. The second kappa shape index (κ2) is 6.58. The van der Waals surface area contributed by atoms with E-state index < -0.39 is 5.97 Å². The van der Waals surface area contributed by atoms with E-state index in [-0.39, 0.29) is 11.5 Å². The fourth-order valence-corrected chi connectivity index (χ4v) is 2.62. The fourth-order valence-electron chi connectivity index (χ4n) is 2.10. The number of carboxylic acid groups (broad SMARTS) is 1. The molecular formula is C15H15BrN2O3. The summed E-state index contributed by atoms with van der Waals surface area (Å²) in [4.78, 5) is 23.1. The van der Waals surface area contributed by atoms with Crippen molar-refractivity contribution in [2.24, 2.45) is 7.05 Å². The molecule has 0 radical (unpaired) electrons. The molecule has 5 nitrogen and oxygen atoms in total. The topological polar surface area (TPSA) is 71.3 Å². The van der Waals surface area contributed by atoms with Gasteiger partial charge in [0.1, 0.15) is 5.69 Å². The number of hydrogen-bond acceptors (Lipinski definition) is 2. The number of carboxylic acids is 1. The van der Waals surface area contributed by atoms with E-state index in [9.17, 15) is 9.59 Å². The third-order valence-electron chi connectivity index (χ3n) is 3.13. The third kappa shape index (κ3) is 3.72. The number of aromatic carboxylic acids is 1. The van der Waals surface area contributed by atoms with Gasteiger partial charge in [0.2, 0.25) is 0 Å². The molecule has 0 saturated carbocycles. The summed E-state index contributed by atoms with van der Waals surface area (Å²) in [5, 5.41) is 11.9. The zero-order valence-electron chi connectivity index (χ0n) is 11.5. The van der Waals surface area contributed by atoms with Gasteiger partial charge in [0.15, 0.2) is 0 Å². The summed E-state index contributed by atoms with van der Waals surface area (Å²) in [6, 6.07) is 8.54. The first-order chi connectivity index (χ1) is 9.99. The predicted octanol–water partition coefficient (Wildman–Crippen LogP) is 2.46. The number of nitrogens with one attached hydrogen (secondary N) is 1. The lowest BCUT2D eigenvalue weighted by molar-refractivity contribution is 0.0695. The van der Waals surface area contributed by atoms with Crippen molar-refractivity contribution in [2.45, 2.75) is 6.42 Å². The van der Waals surface area contributed by atoms with E-state index in [1.165, 1.54) is 0 Å². The van der Waals surface area contributed by atoms with Crippen LogP contribution in [-0.4, -0.2) is 28.1 Å². The second-order valence-corrected chi connectivity index (χ2v) is 5.54. The van der Waals surface area contributed by atoms with E-state index in [2.05, 4.69) is 21.2 Å². The van der Waals surface area contributed by atoms with Crippen LogP contribution in [0.5, 0.6) is 0 Å². The number of carbonyl (C=O) groups is 2. The Morgan fingerprint density at radius 1 is 1.33 bits per heavy atom. The smallest absolute Gasteiger partial charge is 0.335 e. The van der Waals surface area contributed by atoms with Gasteiger partial charge in [-0.15, -0.1) is 0 Å². The molecule has 110 valence electrons. The van der Waals surface area contributed by atoms with Crippen molar-refractivity contribution in [3.8, 4) is 0 Å². The van der Waals surface area contributed by atoms with Gasteiger partial charge in [-0.3, -0.25) is 4.79 Å². The van der Waals surface area contributed by atoms with E-state index in [4.69, 9.17) is 5.11 Å². The summed E-state index contributed by atoms with van der Waals surface area (Å²) < 4.78 is 2.57. The minimum absolute atomic E-state index is 0.184. The zero-order chi connectivity index (χ0) is 15.4. The first kappa shape index (κ1) is 15.3. The zero-order valence-corrected chi connectivity index (χ0v) is 13.1. The Hall–Kier alpha value is -2.08. The highest BCUT2D eigenvalue weighted by Gasteiger charge is 2.12. The molecule has 2 aromatic rings. The average Bonchev–Trinajstić information content (AvgIpc) is 2.78. The SMILES string of the molecule is Cn1cc(Br)cc1C(=O)NCCc1ccccc1C(=O)O. The minimum Gasteiger partial charge on any atom is -0.478 e. The van der Waals surface area contributed by atoms with E-state index in [1.807, 2.05) is 0 Å². The lowest BCUT2D eigenvalue weighted by Gasteiger charge is -2.08. The normalized spacial score (nSPS) is 10.4. The molecule has 0 aliphatic heterocycles. The van der Waals surface area contributed by atoms with Crippen LogP contribution in [0, 0.1) is 0 Å². The number of nitrogens with zero attached hydrogens (tertiary/aromatic N) is 1. The van der Waals surface area contributed by atoms with E-state index in [0.717, 1.165) is 4.47 Å². The van der Waals surface area contributed by atoms with Crippen LogP contribution in [0.2, 0.25) is 0 Å². The molecule has 1 aromatic carbocycles. The monoisotopic (exact) mass is 350 g/mol. The molecule has 21 heavy (non-hydrogen) atoms. The number of aryl methyl sites for hydroxylation is 1. The summed E-state index contributed by atoms with van der Waals surface area (Å²) in [7, 11) is 1.79. The van der Waals surface area contributed by atoms with Gasteiger partial charge < -0.3 is 15.0 Å². The molecule has 0 spiro atoms. The lowest BCUT2D eigenvalue weighted by atomic mass is 10.0. The highest BCUT2D eigenvalue weighted by molar-refractivity contribution is 9.10. The van der Waals surface area contributed by atoms with Crippen LogP contribution < -0.4 is 5.32 Å².